The van der Waals surface area contributed by atoms with Gasteiger partial charge in [-0.25, -0.2) is 17.6 Å². The highest BCUT2D eigenvalue weighted by molar-refractivity contribution is 9.10. The van der Waals surface area contributed by atoms with Crippen LogP contribution in [0.1, 0.15) is 17.9 Å². The Morgan fingerprint density at radius 3 is 2.38 bits per heavy atom. The Labute approximate surface area is 201 Å². The number of aromatic nitrogens is 2. The second kappa shape index (κ2) is 9.74. The van der Waals surface area contributed by atoms with Crippen molar-refractivity contribution in [1.29, 1.82) is 0 Å². The number of rotatable bonds is 5. The van der Waals surface area contributed by atoms with Crippen LogP contribution in [0.15, 0.2) is 51.4 Å². The molecule has 0 unspecified atom stereocenters. The average Bonchev–Trinajstić information content (AvgIpc) is 3.29. The van der Waals surface area contributed by atoms with Crippen LogP contribution in [0.5, 0.6) is 0 Å². The minimum atomic E-state index is -3.19. The summed E-state index contributed by atoms with van der Waals surface area (Å²) in [5.74, 6) is -2.10. The monoisotopic (exact) mass is 558 g/mol. The lowest BCUT2D eigenvalue weighted by molar-refractivity contribution is 0.116. The number of sulfone groups is 1. The van der Waals surface area contributed by atoms with E-state index in [1.807, 2.05) is 0 Å². The van der Waals surface area contributed by atoms with Crippen molar-refractivity contribution in [3.05, 3.63) is 64.2 Å². The summed E-state index contributed by atoms with van der Waals surface area (Å²) in [5.41, 5.74) is 0.755. The summed E-state index contributed by atoms with van der Waals surface area (Å²) in [6.07, 6.45) is -2.94. The summed E-state index contributed by atoms with van der Waals surface area (Å²) in [5, 5.41) is 6.74. The molecule has 4 rings (SSSR count). The summed E-state index contributed by atoms with van der Waals surface area (Å²) >= 11 is 3.33. The van der Waals surface area contributed by atoms with Crippen LogP contribution >= 0.6 is 15.9 Å². The Morgan fingerprint density at radius 2 is 1.79 bits per heavy atom. The molecular weight excluding hydrogens is 541 g/mol. The molecule has 1 fully saturated rings. The van der Waals surface area contributed by atoms with E-state index in [0.717, 1.165) is 10.5 Å². The van der Waals surface area contributed by atoms with Gasteiger partial charge in [-0.1, -0.05) is 22.0 Å². The molecule has 0 atom stereocenters. The molecule has 0 bridgehead atoms. The van der Waals surface area contributed by atoms with E-state index in [9.17, 15) is 26.4 Å². The maximum Gasteiger partial charge on any atom is 0.324 e. The summed E-state index contributed by atoms with van der Waals surface area (Å²) in [7, 11) is -3.19. The number of anilines is 1. The molecule has 0 aliphatic carbocycles. The van der Waals surface area contributed by atoms with Crippen molar-refractivity contribution >= 4 is 37.5 Å². The van der Waals surface area contributed by atoms with Gasteiger partial charge in [0.25, 0.3) is 5.89 Å². The standard InChI is InChI=1S/C21H18BrF3N4O4S/c22-15-3-5-16(6-4-15)29(21(30)28-7-9-34(31,32)10-8-28)12-14-2-1-13(11-17(14)23)19-26-27-20(33-19)18(24)25/h1-6,11,18H,7-10,12H2. The molecule has 1 aliphatic rings. The summed E-state index contributed by atoms with van der Waals surface area (Å²) in [6, 6.07) is 10.3. The average molecular weight is 559 g/mol. The van der Waals surface area contributed by atoms with Crippen molar-refractivity contribution < 1.29 is 30.8 Å². The van der Waals surface area contributed by atoms with Crippen LogP contribution in [0.25, 0.3) is 11.5 Å². The highest BCUT2D eigenvalue weighted by Crippen LogP contribution is 2.27. The van der Waals surface area contributed by atoms with E-state index in [-0.39, 0.29) is 48.2 Å². The number of alkyl halides is 2. The van der Waals surface area contributed by atoms with Gasteiger partial charge >= 0.3 is 12.5 Å². The zero-order valence-electron chi connectivity index (χ0n) is 17.5. The Morgan fingerprint density at radius 1 is 1.12 bits per heavy atom. The third kappa shape index (κ3) is 5.41. The fourth-order valence-electron chi connectivity index (χ4n) is 3.38. The van der Waals surface area contributed by atoms with Crippen LogP contribution in [0, 0.1) is 5.82 Å². The number of urea groups is 1. The lowest BCUT2D eigenvalue weighted by Crippen LogP contribution is -2.49. The molecule has 13 heteroatoms. The predicted molar refractivity (Wildman–Crippen MR) is 121 cm³/mol. The minimum Gasteiger partial charge on any atom is -0.415 e. The Balaban J connectivity index is 1.60. The van der Waals surface area contributed by atoms with Gasteiger partial charge in [0.1, 0.15) is 5.82 Å². The number of nitrogens with zero attached hydrogens (tertiary/aromatic N) is 4. The Kier molecular flexibility index (Phi) is 6.94. The quantitative estimate of drug-likeness (QED) is 0.459. The number of halogens is 4. The van der Waals surface area contributed by atoms with E-state index in [1.54, 1.807) is 24.3 Å². The van der Waals surface area contributed by atoms with E-state index >= 15 is 0 Å². The van der Waals surface area contributed by atoms with Crippen LogP contribution < -0.4 is 4.90 Å². The number of benzene rings is 2. The molecule has 0 N–H and O–H groups in total. The fourth-order valence-corrected chi connectivity index (χ4v) is 4.85. The van der Waals surface area contributed by atoms with Gasteiger partial charge in [-0.15, -0.1) is 10.2 Å². The van der Waals surface area contributed by atoms with Crippen molar-refractivity contribution in [2.75, 3.05) is 29.5 Å². The van der Waals surface area contributed by atoms with Gasteiger partial charge in [-0.05, 0) is 36.4 Å². The normalized spacial score (nSPS) is 15.5. The molecule has 1 aromatic heterocycles. The summed E-state index contributed by atoms with van der Waals surface area (Å²) in [4.78, 5) is 16.1. The molecule has 3 aromatic rings. The Bertz CT molecular complexity index is 1290. The SMILES string of the molecule is O=C(N1CCS(=O)(=O)CC1)N(Cc1ccc(-c2nnc(C(F)F)o2)cc1F)c1ccc(Br)cc1. The highest BCUT2D eigenvalue weighted by atomic mass is 79.9. The van der Waals surface area contributed by atoms with Crippen molar-refractivity contribution in [1.82, 2.24) is 15.1 Å². The first-order chi connectivity index (χ1) is 16.1. The van der Waals surface area contributed by atoms with Gasteiger partial charge in [0.2, 0.25) is 5.89 Å². The second-order valence-corrected chi connectivity index (χ2v) is 10.8. The first-order valence-electron chi connectivity index (χ1n) is 10.1. The van der Waals surface area contributed by atoms with Crippen molar-refractivity contribution in [2.24, 2.45) is 0 Å². The zero-order valence-corrected chi connectivity index (χ0v) is 19.9. The maximum absolute atomic E-state index is 15.0. The maximum atomic E-state index is 15.0. The first kappa shape index (κ1) is 24.2. The largest absolute Gasteiger partial charge is 0.415 e. The minimum absolute atomic E-state index is 0.0409. The topological polar surface area (TPSA) is 96.6 Å². The lowest BCUT2D eigenvalue weighted by atomic mass is 10.1. The number of amides is 2. The third-order valence-corrected chi connectivity index (χ3v) is 7.38. The van der Waals surface area contributed by atoms with E-state index in [4.69, 9.17) is 4.42 Å². The molecule has 8 nitrogen and oxygen atoms in total. The summed E-state index contributed by atoms with van der Waals surface area (Å²) < 4.78 is 69.5. The molecule has 1 aliphatic heterocycles. The zero-order chi connectivity index (χ0) is 24.5. The van der Waals surface area contributed by atoms with Gasteiger partial charge in [0.15, 0.2) is 9.84 Å². The molecule has 0 spiro atoms. The molecule has 0 saturated carbocycles. The highest BCUT2D eigenvalue weighted by Gasteiger charge is 2.29. The van der Waals surface area contributed by atoms with E-state index in [2.05, 4.69) is 26.1 Å². The lowest BCUT2D eigenvalue weighted by Gasteiger charge is -2.33. The smallest absolute Gasteiger partial charge is 0.324 e. The first-order valence-corrected chi connectivity index (χ1v) is 12.7. The van der Waals surface area contributed by atoms with Gasteiger partial charge in [-0.3, -0.25) is 4.90 Å². The number of carbonyl (C=O) groups is 1. The van der Waals surface area contributed by atoms with Crippen molar-refractivity contribution in [3.8, 4) is 11.5 Å². The summed E-state index contributed by atoms with van der Waals surface area (Å²) in [6.45, 7) is -0.0690. The third-order valence-electron chi connectivity index (χ3n) is 5.24. The molecular formula is C21H18BrF3N4O4S. The molecule has 1 saturated heterocycles. The van der Waals surface area contributed by atoms with E-state index in [1.165, 1.54) is 21.9 Å². The molecule has 0 radical (unpaired) electrons. The van der Waals surface area contributed by atoms with Gasteiger partial charge < -0.3 is 9.32 Å². The predicted octanol–water partition coefficient (Wildman–Crippen LogP) is 4.43. The van der Waals surface area contributed by atoms with Crippen molar-refractivity contribution in [3.63, 3.8) is 0 Å². The van der Waals surface area contributed by atoms with Gasteiger partial charge in [0.05, 0.1) is 18.1 Å². The number of hydrogen-bond donors (Lipinski definition) is 0. The van der Waals surface area contributed by atoms with Gasteiger partial charge in [0, 0.05) is 34.4 Å². The molecule has 180 valence electrons. The van der Waals surface area contributed by atoms with E-state index < -0.39 is 34.0 Å². The number of carbonyl (C=O) groups excluding carboxylic acids is 1. The van der Waals surface area contributed by atoms with Crippen molar-refractivity contribution in [2.45, 2.75) is 13.0 Å². The van der Waals surface area contributed by atoms with E-state index in [0.29, 0.717) is 5.69 Å². The fraction of sp³-hybridized carbons (Fsp3) is 0.286. The molecule has 2 aromatic carbocycles. The van der Waals surface area contributed by atoms with Crippen LogP contribution in [0.2, 0.25) is 0 Å². The Hall–Kier alpha value is -2.93. The molecule has 2 amide bonds. The van der Waals surface area contributed by atoms with Gasteiger partial charge in [-0.2, -0.15) is 8.78 Å². The van der Waals surface area contributed by atoms with Crippen LogP contribution in [-0.2, 0) is 16.4 Å². The van der Waals surface area contributed by atoms with Crippen LogP contribution in [0.3, 0.4) is 0 Å². The number of hydrogen-bond acceptors (Lipinski definition) is 6. The molecule has 34 heavy (non-hydrogen) atoms. The van der Waals surface area contributed by atoms with Crippen LogP contribution in [-0.4, -0.2) is 54.1 Å². The van der Waals surface area contributed by atoms with Crippen LogP contribution in [0.4, 0.5) is 23.7 Å². The molecule has 2 heterocycles. The second-order valence-electron chi connectivity index (χ2n) is 7.54.